The standard InChI is InChI=1S/C31H31F3N8O2/c1-6-7-12-28(43)37-23-15-24(27(44-31(32,33)34)16-26(23)41(4)14-13-40(2)3)38-30-36-18-20(17-35)29(39-30)22-19-42(5)25-11-9-8-10-21(22)25/h6-12,15-16,18-19H,1,13-14H2,2-5H3,(H,37,43)(H,36,38,39)/b12-7+. The van der Waals surface area contributed by atoms with Crippen molar-refractivity contribution in [1.29, 1.82) is 5.26 Å². The molecule has 0 aliphatic rings. The molecular weight excluding hydrogens is 573 g/mol. The molecule has 2 aromatic heterocycles. The van der Waals surface area contributed by atoms with Gasteiger partial charge in [-0.2, -0.15) is 5.26 Å². The van der Waals surface area contributed by atoms with Crippen molar-refractivity contribution in [3.05, 3.63) is 79.2 Å². The number of rotatable bonds is 11. The number of nitrogens with zero attached hydrogens (tertiary/aromatic N) is 6. The first kappa shape index (κ1) is 31.6. The number of carbonyl (C=O) groups is 1. The van der Waals surface area contributed by atoms with Crippen LogP contribution in [-0.2, 0) is 11.8 Å². The average molecular weight is 605 g/mol. The van der Waals surface area contributed by atoms with Crippen molar-refractivity contribution >= 4 is 39.8 Å². The minimum Gasteiger partial charge on any atom is -0.403 e. The van der Waals surface area contributed by atoms with Crippen LogP contribution in [0.1, 0.15) is 5.56 Å². The third-order valence-corrected chi connectivity index (χ3v) is 6.57. The van der Waals surface area contributed by atoms with Gasteiger partial charge in [0.05, 0.1) is 34.5 Å². The van der Waals surface area contributed by atoms with Crippen LogP contribution < -0.4 is 20.3 Å². The summed E-state index contributed by atoms with van der Waals surface area (Å²) < 4.78 is 47.1. The van der Waals surface area contributed by atoms with E-state index in [0.29, 0.717) is 24.3 Å². The number of aryl methyl sites for hydroxylation is 1. The van der Waals surface area contributed by atoms with E-state index in [2.05, 4.69) is 38.0 Å². The molecule has 0 aliphatic carbocycles. The maximum atomic E-state index is 13.6. The zero-order chi connectivity index (χ0) is 32.0. The Bertz CT molecular complexity index is 1760. The van der Waals surface area contributed by atoms with Crippen LogP contribution in [-0.4, -0.2) is 65.9 Å². The van der Waals surface area contributed by atoms with Crippen molar-refractivity contribution in [2.45, 2.75) is 6.36 Å². The number of nitrogens with one attached hydrogen (secondary N) is 2. The summed E-state index contributed by atoms with van der Waals surface area (Å²) >= 11 is 0. The number of benzene rings is 2. The monoisotopic (exact) mass is 604 g/mol. The van der Waals surface area contributed by atoms with Gasteiger partial charge in [-0.05, 0) is 26.2 Å². The first-order chi connectivity index (χ1) is 20.9. The number of ether oxygens (including phenoxy) is 1. The fraction of sp³-hybridized carbons (Fsp3) is 0.226. The number of carbonyl (C=O) groups excluding carboxylic acids is 1. The SMILES string of the molecule is C=C/C=C/C(=O)Nc1cc(Nc2ncc(C#N)c(-c3cn(C)c4ccccc34)n2)c(OC(F)(F)F)cc1N(C)CCN(C)C. The van der Waals surface area contributed by atoms with Gasteiger partial charge < -0.3 is 29.7 Å². The first-order valence-electron chi connectivity index (χ1n) is 13.4. The molecule has 44 heavy (non-hydrogen) atoms. The molecule has 0 saturated heterocycles. The Balaban J connectivity index is 1.84. The Kier molecular flexibility index (Phi) is 9.55. The summed E-state index contributed by atoms with van der Waals surface area (Å²) in [5.41, 5.74) is 2.36. The molecule has 0 aliphatic heterocycles. The molecule has 2 aromatic carbocycles. The number of amides is 1. The molecular formula is C31H31F3N8O2. The Hall–Kier alpha value is -5.35. The number of fused-ring (bicyclic) bond motifs is 1. The second kappa shape index (κ2) is 13.3. The number of halogens is 3. The summed E-state index contributed by atoms with van der Waals surface area (Å²) in [5, 5.41) is 16.2. The van der Waals surface area contributed by atoms with Crippen LogP contribution in [0, 0.1) is 11.3 Å². The Morgan fingerprint density at radius 1 is 1.18 bits per heavy atom. The molecule has 0 radical (unpaired) electrons. The highest BCUT2D eigenvalue weighted by Crippen LogP contribution is 2.41. The molecule has 0 bridgehead atoms. The van der Waals surface area contributed by atoms with Gasteiger partial charge in [-0.25, -0.2) is 9.97 Å². The molecule has 0 fully saturated rings. The second-order valence-corrected chi connectivity index (χ2v) is 10.1. The average Bonchev–Trinajstić information content (AvgIpc) is 3.31. The Morgan fingerprint density at radius 2 is 1.93 bits per heavy atom. The van der Waals surface area contributed by atoms with Crippen LogP contribution in [0.2, 0.25) is 0 Å². The fourth-order valence-electron chi connectivity index (χ4n) is 4.47. The number of nitriles is 1. The van der Waals surface area contributed by atoms with Gasteiger partial charge in [0.15, 0.2) is 5.75 Å². The van der Waals surface area contributed by atoms with E-state index in [9.17, 15) is 23.2 Å². The molecule has 0 atom stereocenters. The number of allylic oxidation sites excluding steroid dienone is 2. The van der Waals surface area contributed by atoms with Crippen LogP contribution in [0.3, 0.4) is 0 Å². The molecule has 13 heteroatoms. The van der Waals surface area contributed by atoms with Gasteiger partial charge in [-0.3, -0.25) is 4.79 Å². The van der Waals surface area contributed by atoms with E-state index in [1.165, 1.54) is 36.6 Å². The zero-order valence-electron chi connectivity index (χ0n) is 24.6. The third kappa shape index (κ3) is 7.53. The van der Waals surface area contributed by atoms with E-state index in [1.807, 2.05) is 61.1 Å². The molecule has 4 rings (SSSR count). The number of aromatic nitrogens is 3. The van der Waals surface area contributed by atoms with E-state index in [-0.39, 0.29) is 28.6 Å². The maximum Gasteiger partial charge on any atom is 0.573 e. The van der Waals surface area contributed by atoms with Crippen molar-refractivity contribution in [3.63, 3.8) is 0 Å². The normalized spacial score (nSPS) is 11.5. The highest BCUT2D eigenvalue weighted by molar-refractivity contribution is 6.02. The van der Waals surface area contributed by atoms with Crippen molar-refractivity contribution in [3.8, 4) is 23.1 Å². The quantitative estimate of drug-likeness (QED) is 0.163. The van der Waals surface area contributed by atoms with E-state index >= 15 is 0 Å². The summed E-state index contributed by atoms with van der Waals surface area (Å²) in [6.07, 6.45) is 2.19. The fourth-order valence-corrected chi connectivity index (χ4v) is 4.47. The maximum absolute atomic E-state index is 13.6. The van der Waals surface area contributed by atoms with Crippen LogP contribution in [0.25, 0.3) is 22.2 Å². The lowest BCUT2D eigenvalue weighted by atomic mass is 10.1. The second-order valence-electron chi connectivity index (χ2n) is 10.1. The molecule has 228 valence electrons. The summed E-state index contributed by atoms with van der Waals surface area (Å²) in [7, 11) is 7.28. The lowest BCUT2D eigenvalue weighted by Crippen LogP contribution is -2.29. The van der Waals surface area contributed by atoms with Gasteiger partial charge in [-0.1, -0.05) is 36.9 Å². The van der Waals surface area contributed by atoms with Crippen LogP contribution in [0.5, 0.6) is 5.75 Å². The summed E-state index contributed by atoms with van der Waals surface area (Å²) in [6, 6.07) is 12.1. The van der Waals surface area contributed by atoms with Gasteiger partial charge in [-0.15, -0.1) is 13.2 Å². The largest absolute Gasteiger partial charge is 0.573 e. The van der Waals surface area contributed by atoms with Crippen molar-refractivity contribution < 1.29 is 22.7 Å². The topological polar surface area (TPSA) is 111 Å². The predicted molar refractivity (Wildman–Crippen MR) is 165 cm³/mol. The zero-order valence-corrected chi connectivity index (χ0v) is 24.6. The number of likely N-dealkylation sites (N-methyl/N-ethyl adjacent to an activating group) is 2. The molecule has 0 saturated carbocycles. The number of hydrogen-bond donors (Lipinski definition) is 2. The molecule has 2 N–H and O–H groups in total. The first-order valence-corrected chi connectivity index (χ1v) is 13.4. The van der Waals surface area contributed by atoms with E-state index < -0.39 is 18.0 Å². The van der Waals surface area contributed by atoms with Crippen LogP contribution >= 0.6 is 0 Å². The molecule has 1 amide bonds. The van der Waals surface area contributed by atoms with Crippen molar-refractivity contribution in [2.75, 3.05) is 49.8 Å². The third-order valence-electron chi connectivity index (χ3n) is 6.57. The molecule has 0 unspecified atom stereocenters. The van der Waals surface area contributed by atoms with E-state index in [1.54, 1.807) is 11.9 Å². The molecule has 4 aromatic rings. The Morgan fingerprint density at radius 3 is 2.61 bits per heavy atom. The number of anilines is 4. The van der Waals surface area contributed by atoms with E-state index in [4.69, 9.17) is 0 Å². The predicted octanol–water partition coefficient (Wildman–Crippen LogP) is 5.83. The van der Waals surface area contributed by atoms with Gasteiger partial charge in [0.1, 0.15) is 6.07 Å². The lowest BCUT2D eigenvalue weighted by Gasteiger charge is -2.26. The van der Waals surface area contributed by atoms with Crippen molar-refractivity contribution in [2.24, 2.45) is 7.05 Å². The minimum absolute atomic E-state index is 0.0866. The Labute approximate surface area is 252 Å². The number of hydrogen-bond acceptors (Lipinski definition) is 8. The summed E-state index contributed by atoms with van der Waals surface area (Å²) in [5.74, 6) is -1.17. The molecule has 10 nitrogen and oxygen atoms in total. The molecule has 2 heterocycles. The highest BCUT2D eigenvalue weighted by Gasteiger charge is 2.33. The van der Waals surface area contributed by atoms with Crippen LogP contribution in [0.4, 0.5) is 36.2 Å². The van der Waals surface area contributed by atoms with Crippen molar-refractivity contribution in [1.82, 2.24) is 19.4 Å². The van der Waals surface area contributed by atoms with Gasteiger partial charge in [0, 0.05) is 62.0 Å². The summed E-state index contributed by atoms with van der Waals surface area (Å²) in [4.78, 5) is 24.9. The summed E-state index contributed by atoms with van der Waals surface area (Å²) in [6.45, 7) is 4.57. The van der Waals surface area contributed by atoms with Crippen LogP contribution in [0.15, 0.2) is 73.6 Å². The highest BCUT2D eigenvalue weighted by atomic mass is 19.4. The molecule has 0 spiro atoms. The number of para-hydroxylation sites is 1. The van der Waals surface area contributed by atoms with Gasteiger partial charge >= 0.3 is 6.36 Å². The smallest absolute Gasteiger partial charge is 0.403 e. The minimum atomic E-state index is -5.02. The number of alkyl halides is 3. The lowest BCUT2D eigenvalue weighted by molar-refractivity contribution is -0.274. The van der Waals surface area contributed by atoms with E-state index in [0.717, 1.165) is 10.9 Å². The van der Waals surface area contributed by atoms with Gasteiger partial charge in [0.25, 0.3) is 0 Å². The van der Waals surface area contributed by atoms with Gasteiger partial charge in [0.2, 0.25) is 11.9 Å².